The van der Waals surface area contributed by atoms with Gasteiger partial charge < -0.3 is 14.8 Å². The van der Waals surface area contributed by atoms with Crippen molar-refractivity contribution in [3.05, 3.63) is 30.6 Å². The molecule has 1 aliphatic rings. The standard InChI is InChI=1S/C21H24N8O2.2C2H6/c1-28-18(10-15(27-28)20-22-9-8-19(26-20)30-3)24-17-11-16(31-13-6-4-5-7-13)14-12-23-29(2)21(14)25-17;2*1-2/h8-13H,4-7H2,1-3H3,(H,24,25);2*1-2H3. The molecule has 5 rings (SSSR count). The zero-order valence-electron chi connectivity index (χ0n) is 21.7. The van der Waals surface area contributed by atoms with E-state index in [-0.39, 0.29) is 6.10 Å². The molecule has 4 aromatic heterocycles. The lowest BCUT2D eigenvalue weighted by molar-refractivity contribution is 0.213. The third kappa shape index (κ3) is 5.87. The molecular weight excluding hydrogens is 444 g/mol. The molecule has 188 valence electrons. The fourth-order valence-corrected chi connectivity index (χ4v) is 3.84. The molecule has 4 heterocycles. The Morgan fingerprint density at radius 1 is 1.00 bits per heavy atom. The van der Waals surface area contributed by atoms with E-state index in [1.54, 1.807) is 34.9 Å². The van der Waals surface area contributed by atoms with E-state index < -0.39 is 0 Å². The first-order valence-corrected chi connectivity index (χ1v) is 12.3. The van der Waals surface area contributed by atoms with E-state index in [0.29, 0.717) is 23.2 Å². The molecule has 0 saturated heterocycles. The first-order chi connectivity index (χ1) is 17.1. The molecule has 0 bridgehead atoms. The lowest BCUT2D eigenvalue weighted by Crippen LogP contribution is -2.11. The number of methoxy groups -OCH3 is 1. The van der Waals surface area contributed by atoms with Crippen molar-refractivity contribution >= 4 is 22.7 Å². The second-order valence-electron chi connectivity index (χ2n) is 7.62. The van der Waals surface area contributed by atoms with Gasteiger partial charge in [-0.2, -0.15) is 15.2 Å². The van der Waals surface area contributed by atoms with Crippen LogP contribution >= 0.6 is 0 Å². The van der Waals surface area contributed by atoms with E-state index in [1.807, 2.05) is 53.9 Å². The van der Waals surface area contributed by atoms with Gasteiger partial charge in [0.15, 0.2) is 11.5 Å². The first-order valence-electron chi connectivity index (χ1n) is 12.3. The van der Waals surface area contributed by atoms with Crippen LogP contribution in [-0.4, -0.2) is 47.7 Å². The number of hydrogen-bond acceptors (Lipinski definition) is 8. The second-order valence-corrected chi connectivity index (χ2v) is 7.62. The van der Waals surface area contributed by atoms with E-state index in [1.165, 1.54) is 12.8 Å². The lowest BCUT2D eigenvalue weighted by atomic mass is 10.2. The van der Waals surface area contributed by atoms with Gasteiger partial charge in [-0.25, -0.2) is 9.97 Å². The predicted octanol–water partition coefficient (Wildman–Crippen LogP) is 5.28. The highest BCUT2D eigenvalue weighted by Gasteiger charge is 2.20. The average molecular weight is 481 g/mol. The molecule has 4 aromatic rings. The van der Waals surface area contributed by atoms with Crippen LogP contribution in [0.2, 0.25) is 0 Å². The Labute approximate surface area is 206 Å². The van der Waals surface area contributed by atoms with Crippen molar-refractivity contribution in [2.75, 3.05) is 12.4 Å². The average Bonchev–Trinajstić information content (AvgIpc) is 3.64. The van der Waals surface area contributed by atoms with Gasteiger partial charge in [0.05, 0.1) is 24.8 Å². The minimum Gasteiger partial charge on any atom is -0.489 e. The summed E-state index contributed by atoms with van der Waals surface area (Å²) in [6.45, 7) is 8.00. The maximum absolute atomic E-state index is 6.32. The minimum atomic E-state index is 0.243. The summed E-state index contributed by atoms with van der Waals surface area (Å²) in [6.07, 6.45) is 8.28. The number of hydrogen-bond donors (Lipinski definition) is 1. The van der Waals surface area contributed by atoms with Crippen molar-refractivity contribution in [2.24, 2.45) is 14.1 Å². The maximum atomic E-state index is 6.32. The molecule has 35 heavy (non-hydrogen) atoms. The molecule has 10 nitrogen and oxygen atoms in total. The zero-order chi connectivity index (χ0) is 25.4. The number of aromatic nitrogens is 7. The minimum absolute atomic E-state index is 0.243. The monoisotopic (exact) mass is 480 g/mol. The number of fused-ring (bicyclic) bond motifs is 1. The molecular formula is C25H36N8O2. The summed E-state index contributed by atoms with van der Waals surface area (Å²) < 4.78 is 15.0. The van der Waals surface area contributed by atoms with Crippen LogP contribution in [0.3, 0.4) is 0 Å². The molecule has 0 unspecified atom stereocenters. The summed E-state index contributed by atoms with van der Waals surface area (Å²) in [7, 11) is 5.30. The normalized spacial score (nSPS) is 13.0. The fourth-order valence-electron chi connectivity index (χ4n) is 3.84. The Bertz CT molecular complexity index is 1230. The molecule has 10 heteroatoms. The number of nitrogens with one attached hydrogen (secondary N) is 1. The van der Waals surface area contributed by atoms with Gasteiger partial charge in [0.25, 0.3) is 0 Å². The highest BCUT2D eigenvalue weighted by atomic mass is 16.5. The summed E-state index contributed by atoms with van der Waals surface area (Å²) in [4.78, 5) is 13.4. The number of pyridine rings is 1. The van der Waals surface area contributed by atoms with Crippen LogP contribution in [0.15, 0.2) is 30.6 Å². The Hall–Kier alpha value is -3.69. The van der Waals surface area contributed by atoms with Crippen LogP contribution < -0.4 is 14.8 Å². The summed E-state index contributed by atoms with van der Waals surface area (Å²) in [5, 5.41) is 13.1. The fraction of sp³-hybridized carbons (Fsp3) is 0.480. The first kappa shape index (κ1) is 25.9. The molecule has 1 saturated carbocycles. The number of rotatable bonds is 6. The molecule has 0 aliphatic heterocycles. The second kappa shape index (κ2) is 12.1. The van der Waals surface area contributed by atoms with Crippen molar-refractivity contribution in [3.63, 3.8) is 0 Å². The van der Waals surface area contributed by atoms with E-state index in [0.717, 1.165) is 35.4 Å². The van der Waals surface area contributed by atoms with Gasteiger partial charge >= 0.3 is 0 Å². The van der Waals surface area contributed by atoms with Crippen molar-refractivity contribution in [1.29, 1.82) is 0 Å². The Morgan fingerprint density at radius 3 is 2.46 bits per heavy atom. The molecule has 0 amide bonds. The summed E-state index contributed by atoms with van der Waals surface area (Å²) >= 11 is 0. The van der Waals surface area contributed by atoms with Gasteiger partial charge in [0.1, 0.15) is 23.1 Å². The van der Waals surface area contributed by atoms with E-state index in [2.05, 4.69) is 25.5 Å². The number of anilines is 2. The predicted molar refractivity (Wildman–Crippen MR) is 138 cm³/mol. The molecule has 0 atom stereocenters. The van der Waals surface area contributed by atoms with Crippen molar-refractivity contribution in [3.8, 4) is 23.1 Å². The van der Waals surface area contributed by atoms with Gasteiger partial charge in [-0.3, -0.25) is 9.36 Å². The topological polar surface area (TPSA) is 105 Å². The smallest absolute Gasteiger partial charge is 0.216 e. The Kier molecular flexibility index (Phi) is 8.99. The van der Waals surface area contributed by atoms with Crippen LogP contribution in [0.4, 0.5) is 11.6 Å². The van der Waals surface area contributed by atoms with Gasteiger partial charge in [-0.1, -0.05) is 27.7 Å². The van der Waals surface area contributed by atoms with Crippen molar-refractivity contribution in [2.45, 2.75) is 59.5 Å². The van der Waals surface area contributed by atoms with Gasteiger partial charge in [0.2, 0.25) is 5.88 Å². The van der Waals surface area contributed by atoms with Gasteiger partial charge in [-0.15, -0.1) is 0 Å². The third-order valence-electron chi connectivity index (χ3n) is 5.47. The van der Waals surface area contributed by atoms with Crippen LogP contribution in [0, 0.1) is 0 Å². The molecule has 1 fully saturated rings. The number of ether oxygens (including phenoxy) is 2. The van der Waals surface area contributed by atoms with Crippen LogP contribution in [0.5, 0.6) is 11.6 Å². The van der Waals surface area contributed by atoms with Crippen LogP contribution in [-0.2, 0) is 14.1 Å². The van der Waals surface area contributed by atoms with E-state index in [4.69, 9.17) is 14.5 Å². The van der Waals surface area contributed by atoms with Crippen molar-refractivity contribution < 1.29 is 9.47 Å². The maximum Gasteiger partial charge on any atom is 0.216 e. The van der Waals surface area contributed by atoms with E-state index in [9.17, 15) is 0 Å². The van der Waals surface area contributed by atoms with E-state index >= 15 is 0 Å². The molecule has 1 aliphatic carbocycles. The Morgan fingerprint density at radius 2 is 1.74 bits per heavy atom. The molecule has 1 N–H and O–H groups in total. The molecule has 0 aromatic carbocycles. The number of nitrogens with zero attached hydrogens (tertiary/aromatic N) is 7. The van der Waals surface area contributed by atoms with Crippen LogP contribution in [0.1, 0.15) is 53.4 Å². The SMILES string of the molecule is CC.CC.COc1ccnc(-c2cc(Nc3cc(OC4CCCC4)c4cnn(C)c4n3)n(C)n2)n1. The Balaban J connectivity index is 0.000000815. The summed E-state index contributed by atoms with van der Waals surface area (Å²) in [5.74, 6) is 3.18. The number of aryl methyl sites for hydroxylation is 2. The van der Waals surface area contributed by atoms with Crippen molar-refractivity contribution in [1.82, 2.24) is 34.5 Å². The third-order valence-corrected chi connectivity index (χ3v) is 5.47. The largest absolute Gasteiger partial charge is 0.489 e. The highest BCUT2D eigenvalue weighted by Crippen LogP contribution is 2.32. The lowest BCUT2D eigenvalue weighted by Gasteiger charge is -2.15. The summed E-state index contributed by atoms with van der Waals surface area (Å²) in [6, 6.07) is 5.50. The zero-order valence-corrected chi connectivity index (χ0v) is 21.7. The molecule has 0 radical (unpaired) electrons. The summed E-state index contributed by atoms with van der Waals surface area (Å²) in [5.41, 5.74) is 1.39. The molecule has 0 spiro atoms. The highest BCUT2D eigenvalue weighted by molar-refractivity contribution is 5.84. The van der Waals surface area contributed by atoms with Gasteiger partial charge in [0, 0.05) is 38.5 Å². The van der Waals surface area contributed by atoms with Crippen LogP contribution in [0.25, 0.3) is 22.6 Å². The quantitative estimate of drug-likeness (QED) is 0.397. The van der Waals surface area contributed by atoms with Gasteiger partial charge in [-0.05, 0) is 25.7 Å².